The first-order valence-electron chi connectivity index (χ1n) is 6.47. The number of ether oxygens (including phenoxy) is 1. The second-order valence-electron chi connectivity index (χ2n) is 4.58. The number of nitrogens with one attached hydrogen (secondary N) is 1. The maximum Gasteiger partial charge on any atom is 0.225 e. The lowest BCUT2D eigenvalue weighted by Crippen LogP contribution is -2.05. The van der Waals surface area contributed by atoms with E-state index in [1.807, 2.05) is 37.3 Å². The van der Waals surface area contributed by atoms with Crippen molar-refractivity contribution >= 4 is 39.1 Å². The van der Waals surface area contributed by atoms with Gasteiger partial charge in [-0.3, -0.25) is 0 Å². The Morgan fingerprint density at radius 3 is 2.90 bits per heavy atom. The SMILES string of the molecule is COc1ccccc1CNc1nc(Cl)c2cc(C)sc2n1. The van der Waals surface area contributed by atoms with E-state index in [2.05, 4.69) is 15.3 Å². The van der Waals surface area contributed by atoms with Crippen molar-refractivity contribution in [3.63, 3.8) is 0 Å². The van der Waals surface area contributed by atoms with E-state index in [9.17, 15) is 0 Å². The van der Waals surface area contributed by atoms with Crippen LogP contribution >= 0.6 is 22.9 Å². The predicted molar refractivity (Wildman–Crippen MR) is 87.5 cm³/mol. The molecule has 0 fully saturated rings. The molecule has 1 N–H and O–H groups in total. The first-order chi connectivity index (χ1) is 10.2. The molecule has 3 aromatic rings. The van der Waals surface area contributed by atoms with Crippen molar-refractivity contribution in [3.05, 3.63) is 45.9 Å². The Balaban J connectivity index is 1.85. The Hall–Kier alpha value is -1.85. The lowest BCUT2D eigenvalue weighted by Gasteiger charge is -2.09. The summed E-state index contributed by atoms with van der Waals surface area (Å²) in [7, 11) is 1.66. The van der Waals surface area contributed by atoms with E-state index < -0.39 is 0 Å². The number of anilines is 1. The zero-order valence-corrected chi connectivity index (χ0v) is 13.3. The van der Waals surface area contributed by atoms with Crippen molar-refractivity contribution in [2.75, 3.05) is 12.4 Å². The highest BCUT2D eigenvalue weighted by atomic mass is 35.5. The average molecular weight is 320 g/mol. The maximum absolute atomic E-state index is 6.21. The lowest BCUT2D eigenvalue weighted by atomic mass is 10.2. The molecule has 0 amide bonds. The number of halogens is 1. The largest absolute Gasteiger partial charge is 0.496 e. The van der Waals surface area contributed by atoms with E-state index >= 15 is 0 Å². The maximum atomic E-state index is 6.21. The number of aryl methyl sites for hydroxylation is 1. The van der Waals surface area contributed by atoms with Crippen LogP contribution in [0.1, 0.15) is 10.4 Å². The van der Waals surface area contributed by atoms with Gasteiger partial charge in [0.25, 0.3) is 0 Å². The molecule has 0 aliphatic rings. The van der Waals surface area contributed by atoms with Crippen molar-refractivity contribution in [1.82, 2.24) is 9.97 Å². The van der Waals surface area contributed by atoms with Crippen LogP contribution in [-0.2, 0) is 6.54 Å². The highest BCUT2D eigenvalue weighted by Gasteiger charge is 2.09. The molecule has 0 radical (unpaired) electrons. The van der Waals surface area contributed by atoms with Crippen LogP contribution in [0.2, 0.25) is 5.15 Å². The lowest BCUT2D eigenvalue weighted by molar-refractivity contribution is 0.410. The summed E-state index contributed by atoms with van der Waals surface area (Å²) in [5, 5.41) is 4.58. The van der Waals surface area contributed by atoms with E-state index in [1.54, 1.807) is 18.4 Å². The molecule has 6 heteroatoms. The first-order valence-corrected chi connectivity index (χ1v) is 7.66. The number of hydrogen-bond acceptors (Lipinski definition) is 5. The van der Waals surface area contributed by atoms with Gasteiger partial charge in [0.1, 0.15) is 15.7 Å². The molecule has 4 nitrogen and oxygen atoms in total. The van der Waals surface area contributed by atoms with Gasteiger partial charge in [0, 0.05) is 22.4 Å². The smallest absolute Gasteiger partial charge is 0.225 e. The minimum absolute atomic E-state index is 0.479. The topological polar surface area (TPSA) is 47.0 Å². The van der Waals surface area contributed by atoms with Gasteiger partial charge in [-0.25, -0.2) is 9.97 Å². The molecule has 0 spiro atoms. The van der Waals surface area contributed by atoms with Gasteiger partial charge < -0.3 is 10.1 Å². The number of nitrogens with zero attached hydrogens (tertiary/aromatic N) is 2. The molecule has 21 heavy (non-hydrogen) atoms. The molecule has 0 aliphatic carbocycles. The third-order valence-corrected chi connectivity index (χ3v) is 4.33. The molecule has 0 atom stereocenters. The summed E-state index contributed by atoms with van der Waals surface area (Å²) in [4.78, 5) is 10.9. The third-order valence-electron chi connectivity index (χ3n) is 3.10. The average Bonchev–Trinajstić information content (AvgIpc) is 2.86. The van der Waals surface area contributed by atoms with E-state index in [1.165, 1.54) is 4.88 Å². The summed E-state index contributed by atoms with van der Waals surface area (Å²) < 4.78 is 5.33. The fourth-order valence-electron chi connectivity index (χ4n) is 2.11. The summed E-state index contributed by atoms with van der Waals surface area (Å²) in [5.74, 6) is 1.37. The minimum Gasteiger partial charge on any atom is -0.496 e. The minimum atomic E-state index is 0.479. The standard InChI is InChI=1S/C15H14ClN3OS/c1-9-7-11-13(16)18-15(19-14(11)21-9)17-8-10-5-3-4-6-12(10)20-2/h3-7H,8H2,1-2H3,(H,17,18,19). The summed E-state index contributed by atoms with van der Waals surface area (Å²) in [6.45, 7) is 2.61. The summed E-state index contributed by atoms with van der Waals surface area (Å²) >= 11 is 7.82. The van der Waals surface area contributed by atoms with Crippen molar-refractivity contribution < 1.29 is 4.74 Å². The van der Waals surface area contributed by atoms with Gasteiger partial charge >= 0.3 is 0 Å². The number of rotatable bonds is 4. The number of benzene rings is 1. The Bertz CT molecular complexity index is 788. The van der Waals surface area contributed by atoms with E-state index in [4.69, 9.17) is 16.3 Å². The molecule has 2 heterocycles. The van der Waals surface area contributed by atoms with E-state index in [0.717, 1.165) is 21.5 Å². The zero-order valence-electron chi connectivity index (χ0n) is 11.7. The highest BCUT2D eigenvalue weighted by molar-refractivity contribution is 7.18. The van der Waals surface area contributed by atoms with Crippen LogP contribution in [0.3, 0.4) is 0 Å². The van der Waals surface area contributed by atoms with Crippen molar-refractivity contribution in [3.8, 4) is 5.75 Å². The van der Waals surface area contributed by atoms with Crippen LogP contribution in [0, 0.1) is 6.92 Å². The molecular weight excluding hydrogens is 306 g/mol. The Morgan fingerprint density at radius 1 is 1.29 bits per heavy atom. The second-order valence-corrected chi connectivity index (χ2v) is 6.17. The summed E-state index contributed by atoms with van der Waals surface area (Å²) in [6, 6.07) is 9.85. The molecule has 2 aromatic heterocycles. The zero-order chi connectivity index (χ0) is 14.8. The van der Waals surface area contributed by atoms with Crippen molar-refractivity contribution in [2.24, 2.45) is 0 Å². The van der Waals surface area contributed by atoms with Gasteiger partial charge in [0.2, 0.25) is 5.95 Å². The van der Waals surface area contributed by atoms with Gasteiger partial charge in [0.05, 0.1) is 7.11 Å². The van der Waals surface area contributed by atoms with Crippen molar-refractivity contribution in [1.29, 1.82) is 0 Å². The molecule has 0 bridgehead atoms. The van der Waals surface area contributed by atoms with Gasteiger partial charge in [0.15, 0.2) is 0 Å². The van der Waals surface area contributed by atoms with Gasteiger partial charge in [-0.1, -0.05) is 29.8 Å². The normalized spacial score (nSPS) is 10.8. The van der Waals surface area contributed by atoms with E-state index in [-0.39, 0.29) is 0 Å². The second kappa shape index (κ2) is 5.87. The van der Waals surface area contributed by atoms with Crippen molar-refractivity contribution in [2.45, 2.75) is 13.5 Å². The van der Waals surface area contributed by atoms with E-state index in [0.29, 0.717) is 17.6 Å². The van der Waals surface area contributed by atoms with Crippen LogP contribution in [0.15, 0.2) is 30.3 Å². The molecule has 3 rings (SSSR count). The number of thiophene rings is 1. The molecule has 0 unspecified atom stereocenters. The Morgan fingerprint density at radius 2 is 2.10 bits per heavy atom. The molecular formula is C15H14ClN3OS. The number of hydrogen-bond donors (Lipinski definition) is 1. The number of fused-ring (bicyclic) bond motifs is 1. The fourth-order valence-corrected chi connectivity index (χ4v) is 3.27. The molecule has 108 valence electrons. The molecule has 0 saturated heterocycles. The van der Waals surface area contributed by atoms with Crippen LogP contribution in [0.5, 0.6) is 5.75 Å². The number of para-hydroxylation sites is 1. The molecule has 0 aliphatic heterocycles. The van der Waals surface area contributed by atoms with Gasteiger partial charge in [-0.15, -0.1) is 11.3 Å². The van der Waals surface area contributed by atoms with Crippen LogP contribution in [0.4, 0.5) is 5.95 Å². The number of methoxy groups -OCH3 is 1. The number of aromatic nitrogens is 2. The molecule has 0 saturated carbocycles. The Kier molecular flexibility index (Phi) is 3.94. The monoisotopic (exact) mass is 319 g/mol. The van der Waals surface area contributed by atoms with Crippen LogP contribution in [0.25, 0.3) is 10.2 Å². The Labute approximate surface area is 131 Å². The van der Waals surface area contributed by atoms with Gasteiger partial charge in [-0.2, -0.15) is 0 Å². The quantitative estimate of drug-likeness (QED) is 0.729. The predicted octanol–water partition coefficient (Wildman–Crippen LogP) is 4.27. The van der Waals surface area contributed by atoms with Crippen LogP contribution < -0.4 is 10.1 Å². The fraction of sp³-hybridized carbons (Fsp3) is 0.200. The third kappa shape index (κ3) is 2.94. The first kappa shape index (κ1) is 14.1. The van der Waals surface area contributed by atoms with Gasteiger partial charge in [-0.05, 0) is 19.1 Å². The van der Waals surface area contributed by atoms with Crippen LogP contribution in [-0.4, -0.2) is 17.1 Å². The highest BCUT2D eigenvalue weighted by Crippen LogP contribution is 2.29. The summed E-state index contributed by atoms with van der Waals surface area (Å²) in [6.07, 6.45) is 0. The summed E-state index contributed by atoms with van der Waals surface area (Å²) in [5.41, 5.74) is 1.04. The molecule has 1 aromatic carbocycles.